The summed E-state index contributed by atoms with van der Waals surface area (Å²) in [5.41, 5.74) is 0. The molecule has 4 nitrogen and oxygen atoms in total. The van der Waals surface area contributed by atoms with Crippen LogP contribution < -0.4 is 10.6 Å². The van der Waals surface area contributed by atoms with Gasteiger partial charge in [-0.1, -0.05) is 32.3 Å². The smallest absolute Gasteiger partial charge is 0.191 e. The van der Waals surface area contributed by atoms with Crippen molar-refractivity contribution >= 4 is 17.3 Å². The second-order valence-electron chi connectivity index (χ2n) is 6.63. The largest absolute Gasteiger partial charge is 0.357 e. The van der Waals surface area contributed by atoms with Crippen LogP contribution >= 0.6 is 11.3 Å². The first-order chi connectivity index (χ1) is 11.6. The average molecular weight is 353 g/mol. The minimum atomic E-state index is 0.483. The van der Waals surface area contributed by atoms with E-state index in [1.165, 1.54) is 43.5 Å². The number of rotatable bonds is 12. The normalized spacial score (nSPS) is 13.3. The Balaban J connectivity index is 2.17. The molecule has 0 radical (unpaired) electrons. The number of guanidine groups is 1. The zero-order chi connectivity index (χ0) is 17.6. The van der Waals surface area contributed by atoms with Crippen LogP contribution in [0.4, 0.5) is 0 Å². The van der Waals surface area contributed by atoms with Gasteiger partial charge < -0.3 is 15.5 Å². The van der Waals surface area contributed by atoms with Crippen LogP contribution in [0.3, 0.4) is 0 Å². The third-order valence-corrected chi connectivity index (χ3v) is 5.07. The molecule has 0 bridgehead atoms. The van der Waals surface area contributed by atoms with Gasteiger partial charge in [0.25, 0.3) is 0 Å². The first-order valence-corrected chi connectivity index (χ1v) is 10.2. The van der Waals surface area contributed by atoms with Crippen molar-refractivity contribution in [2.75, 3.05) is 40.3 Å². The Morgan fingerprint density at radius 1 is 1.17 bits per heavy atom. The van der Waals surface area contributed by atoms with E-state index in [0.717, 1.165) is 25.6 Å². The van der Waals surface area contributed by atoms with Crippen LogP contribution in [0.25, 0.3) is 0 Å². The zero-order valence-corrected chi connectivity index (χ0v) is 16.8. The van der Waals surface area contributed by atoms with Crippen LogP contribution in [-0.2, 0) is 0 Å². The van der Waals surface area contributed by atoms with Gasteiger partial charge in [0.15, 0.2) is 5.96 Å². The summed E-state index contributed by atoms with van der Waals surface area (Å²) >= 11 is 1.82. The lowest BCUT2D eigenvalue weighted by Crippen LogP contribution is -2.38. The molecule has 1 heterocycles. The van der Waals surface area contributed by atoms with Crippen molar-refractivity contribution in [2.45, 2.75) is 51.9 Å². The van der Waals surface area contributed by atoms with Crippen molar-refractivity contribution in [1.29, 1.82) is 0 Å². The summed E-state index contributed by atoms with van der Waals surface area (Å²) in [7, 11) is 4.29. The molecule has 0 aliphatic carbocycles. The first kappa shape index (κ1) is 21.0. The summed E-state index contributed by atoms with van der Waals surface area (Å²) in [6.45, 7) is 8.31. The summed E-state index contributed by atoms with van der Waals surface area (Å²) in [5, 5.41) is 8.94. The third-order valence-electron chi connectivity index (χ3n) is 3.97. The van der Waals surface area contributed by atoms with E-state index in [0.29, 0.717) is 5.92 Å². The first-order valence-electron chi connectivity index (χ1n) is 9.33. The van der Waals surface area contributed by atoms with Crippen molar-refractivity contribution in [3.63, 3.8) is 0 Å². The molecular formula is C19H36N4S. The third kappa shape index (κ3) is 9.93. The van der Waals surface area contributed by atoms with Crippen molar-refractivity contribution in [3.8, 4) is 0 Å². The lowest BCUT2D eigenvalue weighted by Gasteiger charge is -2.13. The monoisotopic (exact) mass is 352 g/mol. The molecule has 1 atom stereocenters. The molecule has 0 saturated carbocycles. The number of aliphatic imine (C=N–C) groups is 1. The fraction of sp³-hybridized carbons (Fsp3) is 0.737. The second-order valence-corrected chi connectivity index (χ2v) is 7.61. The van der Waals surface area contributed by atoms with Gasteiger partial charge >= 0.3 is 0 Å². The van der Waals surface area contributed by atoms with Crippen LogP contribution in [0.15, 0.2) is 22.5 Å². The Hall–Kier alpha value is -1.07. The van der Waals surface area contributed by atoms with E-state index in [-0.39, 0.29) is 0 Å². The van der Waals surface area contributed by atoms with E-state index < -0.39 is 0 Å². The highest BCUT2D eigenvalue weighted by Crippen LogP contribution is 2.20. The molecule has 1 aromatic rings. The fourth-order valence-corrected chi connectivity index (χ4v) is 3.30. The van der Waals surface area contributed by atoms with Crippen LogP contribution in [0.5, 0.6) is 0 Å². The molecule has 0 aromatic carbocycles. The Kier molecular flexibility index (Phi) is 11.6. The van der Waals surface area contributed by atoms with Gasteiger partial charge in [0.1, 0.15) is 0 Å². The minimum absolute atomic E-state index is 0.483. The van der Waals surface area contributed by atoms with E-state index in [9.17, 15) is 0 Å². The summed E-state index contributed by atoms with van der Waals surface area (Å²) in [5.74, 6) is 1.44. The number of hydrogen-bond acceptors (Lipinski definition) is 3. The fourth-order valence-electron chi connectivity index (χ4n) is 2.52. The van der Waals surface area contributed by atoms with Gasteiger partial charge in [-0.05, 0) is 51.9 Å². The number of unbranched alkanes of at least 4 members (excludes halogenated alkanes) is 4. The van der Waals surface area contributed by atoms with Gasteiger partial charge in [-0.15, -0.1) is 11.3 Å². The summed E-state index contributed by atoms with van der Waals surface area (Å²) in [6, 6.07) is 4.31. The van der Waals surface area contributed by atoms with E-state index in [1.807, 2.05) is 11.3 Å². The van der Waals surface area contributed by atoms with Crippen LogP contribution in [-0.4, -0.2) is 51.1 Å². The van der Waals surface area contributed by atoms with E-state index in [1.54, 1.807) is 0 Å². The van der Waals surface area contributed by atoms with Crippen molar-refractivity contribution < 1.29 is 0 Å². The maximum absolute atomic E-state index is 4.73. The molecule has 1 unspecified atom stereocenters. The predicted octanol–water partition coefficient (Wildman–Crippen LogP) is 3.92. The average Bonchev–Trinajstić information content (AvgIpc) is 3.08. The van der Waals surface area contributed by atoms with E-state index in [2.05, 4.69) is 61.0 Å². The van der Waals surface area contributed by atoms with Gasteiger partial charge in [-0.3, -0.25) is 4.99 Å². The number of nitrogens with one attached hydrogen (secondary N) is 2. The molecule has 0 fully saturated rings. The molecule has 24 heavy (non-hydrogen) atoms. The summed E-state index contributed by atoms with van der Waals surface area (Å²) < 4.78 is 0. The van der Waals surface area contributed by atoms with Gasteiger partial charge in [0, 0.05) is 23.9 Å². The van der Waals surface area contributed by atoms with Crippen LogP contribution in [0, 0.1) is 0 Å². The van der Waals surface area contributed by atoms with Crippen molar-refractivity contribution in [2.24, 2.45) is 4.99 Å². The van der Waals surface area contributed by atoms with Crippen LogP contribution in [0.1, 0.15) is 56.7 Å². The van der Waals surface area contributed by atoms with E-state index >= 15 is 0 Å². The minimum Gasteiger partial charge on any atom is -0.357 e. The Morgan fingerprint density at radius 3 is 2.58 bits per heavy atom. The highest BCUT2D eigenvalue weighted by atomic mass is 32.1. The molecular weight excluding hydrogens is 316 g/mol. The second kappa shape index (κ2) is 13.2. The number of nitrogens with zero attached hydrogens (tertiary/aromatic N) is 2. The molecule has 0 saturated heterocycles. The lowest BCUT2D eigenvalue weighted by molar-refractivity contribution is 0.389. The van der Waals surface area contributed by atoms with Crippen LogP contribution in [0.2, 0.25) is 0 Å². The molecule has 138 valence electrons. The van der Waals surface area contributed by atoms with Crippen molar-refractivity contribution in [3.05, 3.63) is 22.4 Å². The number of thiophene rings is 1. The van der Waals surface area contributed by atoms with Gasteiger partial charge in [-0.2, -0.15) is 0 Å². The van der Waals surface area contributed by atoms with E-state index in [4.69, 9.17) is 4.99 Å². The molecule has 2 N–H and O–H groups in total. The molecule has 0 aliphatic heterocycles. The molecule has 5 heteroatoms. The zero-order valence-electron chi connectivity index (χ0n) is 16.0. The highest BCUT2D eigenvalue weighted by Gasteiger charge is 2.06. The predicted molar refractivity (Wildman–Crippen MR) is 108 cm³/mol. The highest BCUT2D eigenvalue weighted by molar-refractivity contribution is 7.10. The lowest BCUT2D eigenvalue weighted by atomic mass is 10.1. The Bertz CT molecular complexity index is 429. The van der Waals surface area contributed by atoms with Gasteiger partial charge in [0.05, 0.1) is 6.54 Å². The summed E-state index contributed by atoms with van der Waals surface area (Å²) in [4.78, 5) is 8.40. The van der Waals surface area contributed by atoms with Crippen molar-refractivity contribution in [1.82, 2.24) is 15.5 Å². The molecule has 1 aromatic heterocycles. The molecule has 0 aliphatic rings. The Morgan fingerprint density at radius 2 is 1.92 bits per heavy atom. The maximum atomic E-state index is 4.73. The number of hydrogen-bond donors (Lipinski definition) is 2. The topological polar surface area (TPSA) is 39.7 Å². The SMILES string of the molecule is CCNC(=NCC(C)c1cccs1)NCCCCCCCN(C)C. The Labute approximate surface area is 152 Å². The standard InChI is InChI=1S/C19H36N4S/c1-5-20-19(22-16-17(2)18-12-11-15-24-18)21-13-9-7-6-8-10-14-23(3)4/h11-12,15,17H,5-10,13-14,16H2,1-4H3,(H2,20,21,22). The quantitative estimate of drug-likeness (QED) is 0.340. The molecule has 0 amide bonds. The van der Waals surface area contributed by atoms with Gasteiger partial charge in [0.2, 0.25) is 0 Å². The summed E-state index contributed by atoms with van der Waals surface area (Å²) in [6.07, 6.45) is 6.49. The molecule has 0 spiro atoms. The maximum Gasteiger partial charge on any atom is 0.191 e. The van der Waals surface area contributed by atoms with Gasteiger partial charge in [-0.25, -0.2) is 0 Å². The molecule has 1 rings (SSSR count).